The maximum atomic E-state index is 12.9. The molecule has 0 atom stereocenters. The number of amides is 2. The standard InChI is InChI=1S/C25H16Cl2N2O7S/c1-35-21-11-14(3-9-20(21)36-24(31)16-4-6-17(7-5-16)29(33)34)12-22-23(30)28(25(32)37-22)13-15-2-8-18(26)19(27)10-15/h2-12H,13H2,1H3/b22-12-. The van der Waals surface area contributed by atoms with Crippen molar-refractivity contribution in [2.24, 2.45) is 0 Å². The minimum atomic E-state index is -0.732. The minimum absolute atomic E-state index is 0.0414. The molecule has 2 amide bonds. The van der Waals surface area contributed by atoms with Gasteiger partial charge in [0.25, 0.3) is 16.8 Å². The second kappa shape index (κ2) is 11.0. The van der Waals surface area contributed by atoms with Gasteiger partial charge >= 0.3 is 5.97 Å². The summed E-state index contributed by atoms with van der Waals surface area (Å²) in [5, 5.41) is 11.1. The van der Waals surface area contributed by atoms with Crippen molar-refractivity contribution in [1.82, 2.24) is 4.90 Å². The van der Waals surface area contributed by atoms with Crippen LogP contribution in [-0.4, -0.2) is 34.0 Å². The van der Waals surface area contributed by atoms with Crippen molar-refractivity contribution in [3.05, 3.63) is 102 Å². The number of benzene rings is 3. The molecule has 0 bridgehead atoms. The zero-order valence-electron chi connectivity index (χ0n) is 19.0. The van der Waals surface area contributed by atoms with Crippen molar-refractivity contribution in [2.75, 3.05) is 7.11 Å². The summed E-state index contributed by atoms with van der Waals surface area (Å²) in [7, 11) is 1.38. The lowest BCUT2D eigenvalue weighted by molar-refractivity contribution is -0.384. The van der Waals surface area contributed by atoms with E-state index >= 15 is 0 Å². The van der Waals surface area contributed by atoms with Gasteiger partial charge in [-0.25, -0.2) is 4.79 Å². The van der Waals surface area contributed by atoms with Gasteiger partial charge in [-0.15, -0.1) is 0 Å². The lowest BCUT2D eigenvalue weighted by Gasteiger charge is -2.13. The summed E-state index contributed by atoms with van der Waals surface area (Å²) in [6.45, 7) is 0.0414. The molecule has 188 valence electrons. The fourth-order valence-electron chi connectivity index (χ4n) is 3.34. The molecule has 1 fully saturated rings. The predicted octanol–water partition coefficient (Wildman–Crippen LogP) is 6.37. The van der Waals surface area contributed by atoms with Gasteiger partial charge in [0.15, 0.2) is 11.5 Å². The summed E-state index contributed by atoms with van der Waals surface area (Å²) in [4.78, 5) is 49.4. The molecule has 1 aliphatic heterocycles. The van der Waals surface area contributed by atoms with Crippen molar-refractivity contribution in [3.63, 3.8) is 0 Å². The van der Waals surface area contributed by atoms with E-state index < -0.39 is 22.0 Å². The Bertz CT molecular complexity index is 1460. The third kappa shape index (κ3) is 5.93. The fraction of sp³-hybridized carbons (Fsp3) is 0.0800. The molecular weight excluding hydrogens is 543 g/mol. The first-order valence-electron chi connectivity index (χ1n) is 10.5. The van der Waals surface area contributed by atoms with Gasteiger partial charge in [0.05, 0.1) is 39.1 Å². The number of non-ortho nitro benzene ring substituents is 1. The predicted molar refractivity (Wildman–Crippen MR) is 139 cm³/mol. The number of nitrogens with zero attached hydrogens (tertiary/aromatic N) is 2. The van der Waals surface area contributed by atoms with Crippen LogP contribution in [0.25, 0.3) is 6.08 Å². The van der Waals surface area contributed by atoms with Gasteiger partial charge in [-0.2, -0.15) is 0 Å². The Morgan fingerprint density at radius 1 is 1.03 bits per heavy atom. The Balaban J connectivity index is 1.50. The quantitative estimate of drug-likeness (QED) is 0.108. The van der Waals surface area contributed by atoms with Crippen LogP contribution in [-0.2, 0) is 11.3 Å². The molecular formula is C25H16Cl2N2O7S. The molecule has 4 rings (SSSR count). The summed E-state index contributed by atoms with van der Waals surface area (Å²) in [5.74, 6) is -0.882. The number of halogens is 2. The molecule has 3 aromatic carbocycles. The van der Waals surface area contributed by atoms with E-state index in [2.05, 4.69) is 0 Å². The number of esters is 1. The van der Waals surface area contributed by atoms with Gasteiger partial charge in [0.1, 0.15) is 0 Å². The van der Waals surface area contributed by atoms with Crippen LogP contribution in [0.4, 0.5) is 10.5 Å². The van der Waals surface area contributed by atoms with Crippen molar-refractivity contribution in [1.29, 1.82) is 0 Å². The highest BCUT2D eigenvalue weighted by atomic mass is 35.5. The molecule has 0 spiro atoms. The number of rotatable bonds is 7. The van der Waals surface area contributed by atoms with Crippen LogP contribution in [0.1, 0.15) is 21.5 Å². The molecule has 9 nitrogen and oxygen atoms in total. The van der Waals surface area contributed by atoms with E-state index in [1.165, 1.54) is 43.5 Å². The van der Waals surface area contributed by atoms with Crippen molar-refractivity contribution in [3.8, 4) is 11.5 Å². The SMILES string of the molecule is COc1cc(/C=C2\SC(=O)N(Cc3ccc(Cl)c(Cl)c3)C2=O)ccc1OC(=O)c1ccc([N+](=O)[O-])cc1. The van der Waals surface area contributed by atoms with E-state index in [0.29, 0.717) is 21.2 Å². The van der Waals surface area contributed by atoms with Gasteiger partial charge in [-0.05, 0) is 65.4 Å². The van der Waals surface area contributed by atoms with Gasteiger partial charge < -0.3 is 9.47 Å². The highest BCUT2D eigenvalue weighted by Crippen LogP contribution is 2.36. The first-order chi connectivity index (χ1) is 17.7. The average Bonchev–Trinajstić information content (AvgIpc) is 3.14. The Hall–Kier alpha value is -3.86. The lowest BCUT2D eigenvalue weighted by Crippen LogP contribution is -2.27. The lowest BCUT2D eigenvalue weighted by atomic mass is 10.1. The van der Waals surface area contributed by atoms with E-state index in [4.69, 9.17) is 32.7 Å². The molecule has 0 aromatic heterocycles. The molecule has 0 unspecified atom stereocenters. The molecule has 1 heterocycles. The highest BCUT2D eigenvalue weighted by molar-refractivity contribution is 8.18. The zero-order chi connectivity index (χ0) is 26.7. The second-order valence-corrected chi connectivity index (χ2v) is 9.43. The van der Waals surface area contributed by atoms with E-state index in [-0.39, 0.29) is 34.2 Å². The number of nitro benzene ring substituents is 1. The molecule has 1 saturated heterocycles. The summed E-state index contributed by atoms with van der Waals surface area (Å²) < 4.78 is 10.7. The first kappa shape index (κ1) is 26.2. The van der Waals surface area contributed by atoms with Gasteiger partial charge in [0, 0.05) is 12.1 Å². The van der Waals surface area contributed by atoms with Crippen molar-refractivity contribution >= 4 is 63.8 Å². The van der Waals surface area contributed by atoms with Crippen LogP contribution in [0.15, 0.2) is 65.6 Å². The van der Waals surface area contributed by atoms with E-state index in [0.717, 1.165) is 16.7 Å². The van der Waals surface area contributed by atoms with Crippen LogP contribution >= 0.6 is 35.0 Å². The molecule has 12 heteroatoms. The Morgan fingerprint density at radius 3 is 2.41 bits per heavy atom. The summed E-state index contributed by atoms with van der Waals surface area (Å²) >= 11 is 12.8. The number of carbonyl (C=O) groups is 3. The highest BCUT2D eigenvalue weighted by Gasteiger charge is 2.35. The topological polar surface area (TPSA) is 116 Å². The number of hydrogen-bond donors (Lipinski definition) is 0. The van der Waals surface area contributed by atoms with Crippen LogP contribution < -0.4 is 9.47 Å². The Labute approximate surface area is 224 Å². The average molecular weight is 559 g/mol. The van der Waals surface area contributed by atoms with E-state index in [9.17, 15) is 24.5 Å². The number of nitro groups is 1. The normalized spacial score (nSPS) is 14.2. The molecule has 0 N–H and O–H groups in total. The Morgan fingerprint density at radius 2 is 1.76 bits per heavy atom. The van der Waals surface area contributed by atoms with Crippen molar-refractivity contribution < 1.29 is 28.8 Å². The molecule has 0 radical (unpaired) electrons. The smallest absolute Gasteiger partial charge is 0.343 e. The van der Waals surface area contributed by atoms with E-state index in [1.54, 1.807) is 30.3 Å². The zero-order valence-corrected chi connectivity index (χ0v) is 21.3. The largest absolute Gasteiger partial charge is 0.493 e. The second-order valence-electron chi connectivity index (χ2n) is 7.62. The Kier molecular flexibility index (Phi) is 7.82. The third-order valence-electron chi connectivity index (χ3n) is 5.20. The third-order valence-corrected chi connectivity index (χ3v) is 6.85. The van der Waals surface area contributed by atoms with E-state index in [1.807, 2.05) is 0 Å². The number of thioether (sulfide) groups is 1. The van der Waals surface area contributed by atoms with Crippen LogP contribution in [0.3, 0.4) is 0 Å². The number of hydrogen-bond acceptors (Lipinski definition) is 8. The number of methoxy groups -OCH3 is 1. The molecule has 0 saturated carbocycles. The summed E-state index contributed by atoms with van der Waals surface area (Å²) in [6, 6.07) is 14.5. The number of imide groups is 1. The van der Waals surface area contributed by atoms with Crippen LogP contribution in [0.2, 0.25) is 10.0 Å². The van der Waals surface area contributed by atoms with Gasteiger partial charge in [-0.1, -0.05) is 35.3 Å². The maximum absolute atomic E-state index is 12.9. The molecule has 37 heavy (non-hydrogen) atoms. The number of carbonyl (C=O) groups excluding carboxylic acids is 3. The minimum Gasteiger partial charge on any atom is -0.493 e. The van der Waals surface area contributed by atoms with Gasteiger partial charge in [-0.3, -0.25) is 24.6 Å². The summed E-state index contributed by atoms with van der Waals surface area (Å²) in [6.07, 6.45) is 1.53. The van der Waals surface area contributed by atoms with Crippen LogP contribution in [0, 0.1) is 10.1 Å². The van der Waals surface area contributed by atoms with Crippen molar-refractivity contribution in [2.45, 2.75) is 6.54 Å². The molecule has 0 aliphatic carbocycles. The molecule has 3 aromatic rings. The molecule has 1 aliphatic rings. The maximum Gasteiger partial charge on any atom is 0.343 e. The summed E-state index contributed by atoms with van der Waals surface area (Å²) in [5.41, 5.74) is 1.15. The number of ether oxygens (including phenoxy) is 2. The van der Waals surface area contributed by atoms with Crippen LogP contribution in [0.5, 0.6) is 11.5 Å². The monoisotopic (exact) mass is 558 g/mol. The first-order valence-corrected chi connectivity index (χ1v) is 12.1. The fourth-order valence-corrected chi connectivity index (χ4v) is 4.50. The van der Waals surface area contributed by atoms with Gasteiger partial charge in [0.2, 0.25) is 0 Å².